The van der Waals surface area contributed by atoms with Gasteiger partial charge in [0.05, 0.1) is 10.7 Å². The lowest BCUT2D eigenvalue weighted by atomic mass is 10.2. The highest BCUT2D eigenvalue weighted by atomic mass is 35.5. The minimum atomic E-state index is -0.979. The quantitative estimate of drug-likeness (QED) is 0.895. The van der Waals surface area contributed by atoms with Crippen molar-refractivity contribution >= 4 is 23.0 Å². The van der Waals surface area contributed by atoms with Crippen LogP contribution in [0.25, 0.3) is 0 Å². The Labute approximate surface area is 126 Å². The Morgan fingerprint density at radius 1 is 1.14 bits per heavy atom. The van der Waals surface area contributed by atoms with Crippen molar-refractivity contribution in [3.8, 4) is 5.75 Å². The molecule has 0 unspecified atom stereocenters. The number of nitrogens with one attached hydrogen (secondary N) is 1. The normalized spacial score (nSPS) is 10.5. The maximum Gasteiger partial charge on any atom is 0.187 e. The summed E-state index contributed by atoms with van der Waals surface area (Å²) in [5.41, 5.74) is 2.00. The van der Waals surface area contributed by atoms with Crippen molar-refractivity contribution in [2.24, 2.45) is 0 Å². The average molecular weight is 313 g/mol. The number of nitrogens with zero attached hydrogens (tertiary/aromatic N) is 1. The van der Waals surface area contributed by atoms with Crippen molar-refractivity contribution in [2.45, 2.75) is 6.54 Å². The number of rotatable bonds is 4. The van der Waals surface area contributed by atoms with Gasteiger partial charge in [0.25, 0.3) is 0 Å². The SMILES string of the molecule is CN(C)c1ccc(NCc2cc(F)c(O)c(F)c2)cc1Cl. The first kappa shape index (κ1) is 15.4. The summed E-state index contributed by atoms with van der Waals surface area (Å²) < 4.78 is 26.5. The highest BCUT2D eigenvalue weighted by molar-refractivity contribution is 6.33. The van der Waals surface area contributed by atoms with Crippen LogP contribution in [0, 0.1) is 11.6 Å². The number of benzene rings is 2. The van der Waals surface area contributed by atoms with Crippen LogP contribution in [0.15, 0.2) is 30.3 Å². The fourth-order valence-electron chi connectivity index (χ4n) is 1.90. The van der Waals surface area contributed by atoms with Crippen LogP contribution in [0.1, 0.15) is 5.56 Å². The zero-order valence-electron chi connectivity index (χ0n) is 11.6. The molecule has 0 spiro atoms. The third-order valence-corrected chi connectivity index (χ3v) is 3.31. The molecular formula is C15H15ClF2N2O. The molecule has 0 aliphatic heterocycles. The van der Waals surface area contributed by atoms with Crippen molar-refractivity contribution in [1.29, 1.82) is 0 Å². The molecule has 0 amide bonds. The minimum absolute atomic E-state index is 0.214. The molecule has 0 aromatic heterocycles. The Morgan fingerprint density at radius 2 is 1.76 bits per heavy atom. The molecule has 2 aromatic rings. The van der Waals surface area contributed by atoms with Crippen LogP contribution >= 0.6 is 11.6 Å². The lowest BCUT2D eigenvalue weighted by Crippen LogP contribution is -2.09. The van der Waals surface area contributed by atoms with Crippen molar-refractivity contribution in [3.05, 3.63) is 52.6 Å². The van der Waals surface area contributed by atoms with E-state index in [-0.39, 0.29) is 6.54 Å². The summed E-state index contributed by atoms with van der Waals surface area (Å²) in [7, 11) is 3.77. The molecule has 0 heterocycles. The largest absolute Gasteiger partial charge is 0.503 e. The van der Waals surface area contributed by atoms with Crippen molar-refractivity contribution < 1.29 is 13.9 Å². The van der Waals surface area contributed by atoms with E-state index in [4.69, 9.17) is 16.7 Å². The fourth-order valence-corrected chi connectivity index (χ4v) is 2.25. The third kappa shape index (κ3) is 3.55. The molecule has 21 heavy (non-hydrogen) atoms. The monoisotopic (exact) mass is 312 g/mol. The molecule has 0 aliphatic rings. The highest BCUT2D eigenvalue weighted by Crippen LogP contribution is 2.28. The number of phenolic OH excluding ortho intramolecular Hbond substituents is 1. The van der Waals surface area contributed by atoms with Crippen molar-refractivity contribution in [1.82, 2.24) is 0 Å². The molecule has 0 aliphatic carbocycles. The predicted octanol–water partition coefficient (Wildman–Crippen LogP) is 4.00. The van der Waals surface area contributed by atoms with Crippen LogP contribution < -0.4 is 10.2 Å². The molecule has 112 valence electrons. The van der Waals surface area contributed by atoms with Gasteiger partial charge in [0.2, 0.25) is 0 Å². The van der Waals surface area contributed by atoms with Crippen LogP contribution in [0.5, 0.6) is 5.75 Å². The van der Waals surface area contributed by atoms with Gasteiger partial charge in [0.1, 0.15) is 0 Å². The topological polar surface area (TPSA) is 35.5 Å². The van der Waals surface area contributed by atoms with E-state index in [1.54, 1.807) is 6.07 Å². The maximum absolute atomic E-state index is 13.2. The first-order chi connectivity index (χ1) is 9.88. The third-order valence-electron chi connectivity index (χ3n) is 3.00. The molecule has 0 fully saturated rings. The minimum Gasteiger partial charge on any atom is -0.503 e. The summed E-state index contributed by atoms with van der Waals surface area (Å²) in [6.07, 6.45) is 0. The summed E-state index contributed by atoms with van der Waals surface area (Å²) in [6, 6.07) is 7.59. The Hall–Kier alpha value is -2.01. The summed E-state index contributed by atoms with van der Waals surface area (Å²) in [4.78, 5) is 1.89. The maximum atomic E-state index is 13.2. The van der Waals surface area contributed by atoms with Gasteiger partial charge in [-0.15, -0.1) is 0 Å². The first-order valence-electron chi connectivity index (χ1n) is 6.26. The van der Waals surface area contributed by atoms with Gasteiger partial charge in [-0.25, -0.2) is 8.78 Å². The van der Waals surface area contributed by atoms with E-state index in [0.29, 0.717) is 10.6 Å². The van der Waals surface area contributed by atoms with Crippen LogP contribution in [-0.2, 0) is 6.54 Å². The molecule has 0 radical (unpaired) electrons. The van der Waals surface area contributed by atoms with Crippen LogP contribution in [0.3, 0.4) is 0 Å². The summed E-state index contributed by atoms with van der Waals surface area (Å²) in [6.45, 7) is 0.214. The number of anilines is 2. The summed E-state index contributed by atoms with van der Waals surface area (Å²) in [5, 5.41) is 12.6. The number of phenols is 1. The van der Waals surface area contributed by atoms with Gasteiger partial charge in [-0.1, -0.05) is 11.6 Å². The number of hydrogen-bond acceptors (Lipinski definition) is 3. The zero-order chi connectivity index (χ0) is 15.6. The van der Waals surface area contributed by atoms with E-state index in [9.17, 15) is 8.78 Å². The molecule has 3 nitrogen and oxygen atoms in total. The second kappa shape index (κ2) is 6.18. The van der Waals surface area contributed by atoms with Gasteiger partial charge in [0, 0.05) is 26.3 Å². The van der Waals surface area contributed by atoms with E-state index in [1.807, 2.05) is 31.1 Å². The standard InChI is InChI=1S/C15H15ClF2N2O/c1-20(2)14-4-3-10(7-11(14)16)19-8-9-5-12(17)15(21)13(18)6-9/h3-7,19,21H,8H2,1-2H3. The molecule has 0 bridgehead atoms. The summed E-state index contributed by atoms with van der Waals surface area (Å²) in [5.74, 6) is -2.92. The highest BCUT2D eigenvalue weighted by Gasteiger charge is 2.09. The Morgan fingerprint density at radius 3 is 2.29 bits per heavy atom. The van der Waals surface area contributed by atoms with E-state index < -0.39 is 17.4 Å². The summed E-state index contributed by atoms with van der Waals surface area (Å²) >= 11 is 6.14. The second-order valence-electron chi connectivity index (χ2n) is 4.82. The molecule has 2 rings (SSSR count). The zero-order valence-corrected chi connectivity index (χ0v) is 12.4. The van der Waals surface area contributed by atoms with E-state index >= 15 is 0 Å². The fraction of sp³-hybridized carbons (Fsp3) is 0.200. The van der Waals surface area contributed by atoms with Crippen molar-refractivity contribution in [3.63, 3.8) is 0 Å². The number of aromatic hydroxyl groups is 1. The van der Waals surface area contributed by atoms with E-state index in [1.165, 1.54) is 0 Å². The van der Waals surface area contributed by atoms with E-state index in [0.717, 1.165) is 23.5 Å². The average Bonchev–Trinajstić information content (AvgIpc) is 2.42. The van der Waals surface area contributed by atoms with Gasteiger partial charge >= 0.3 is 0 Å². The van der Waals surface area contributed by atoms with Crippen LogP contribution in [0.4, 0.5) is 20.2 Å². The van der Waals surface area contributed by atoms with Gasteiger partial charge in [0.15, 0.2) is 17.4 Å². The van der Waals surface area contributed by atoms with Gasteiger partial charge in [-0.3, -0.25) is 0 Å². The van der Waals surface area contributed by atoms with Gasteiger partial charge in [-0.05, 0) is 35.9 Å². The van der Waals surface area contributed by atoms with Gasteiger partial charge in [-0.2, -0.15) is 0 Å². The molecule has 6 heteroatoms. The molecule has 0 saturated heterocycles. The number of halogens is 3. The van der Waals surface area contributed by atoms with Crippen LogP contribution in [0.2, 0.25) is 5.02 Å². The lowest BCUT2D eigenvalue weighted by Gasteiger charge is -2.16. The predicted molar refractivity (Wildman–Crippen MR) is 81.1 cm³/mol. The molecule has 2 N–H and O–H groups in total. The van der Waals surface area contributed by atoms with E-state index in [2.05, 4.69) is 5.32 Å². The Bertz CT molecular complexity index is 639. The van der Waals surface area contributed by atoms with Gasteiger partial charge < -0.3 is 15.3 Å². The Kier molecular flexibility index (Phi) is 4.53. The smallest absolute Gasteiger partial charge is 0.187 e. The second-order valence-corrected chi connectivity index (χ2v) is 5.23. The molecule has 2 aromatic carbocycles. The Balaban J connectivity index is 2.12. The van der Waals surface area contributed by atoms with Crippen molar-refractivity contribution in [2.75, 3.05) is 24.3 Å². The first-order valence-corrected chi connectivity index (χ1v) is 6.64. The lowest BCUT2D eigenvalue weighted by molar-refractivity contribution is 0.395. The molecule has 0 saturated carbocycles. The molecular weight excluding hydrogens is 298 g/mol. The molecule has 0 atom stereocenters. The van der Waals surface area contributed by atoms with Crippen LogP contribution in [-0.4, -0.2) is 19.2 Å². The number of hydrogen-bond donors (Lipinski definition) is 2.